The topological polar surface area (TPSA) is 17.1 Å². The maximum Gasteiger partial charge on any atom is 0.138 e. The summed E-state index contributed by atoms with van der Waals surface area (Å²) in [5.74, 6) is 3.21. The fourth-order valence-corrected chi connectivity index (χ4v) is 4.46. The highest BCUT2D eigenvalue weighted by Crippen LogP contribution is 2.65. The van der Waals surface area contributed by atoms with Crippen molar-refractivity contribution in [2.24, 2.45) is 29.1 Å². The molecule has 0 radical (unpaired) electrons. The van der Waals surface area contributed by atoms with Crippen molar-refractivity contribution in [1.29, 1.82) is 0 Å². The van der Waals surface area contributed by atoms with Crippen LogP contribution in [0.25, 0.3) is 0 Å². The van der Waals surface area contributed by atoms with Gasteiger partial charge >= 0.3 is 0 Å². The molecule has 1 heteroatoms. The highest BCUT2D eigenvalue weighted by Gasteiger charge is 2.59. The maximum atomic E-state index is 11.9. The van der Waals surface area contributed by atoms with Crippen molar-refractivity contribution < 1.29 is 4.79 Å². The van der Waals surface area contributed by atoms with Crippen molar-refractivity contribution in [2.45, 2.75) is 39.5 Å². The molecular formula is C12H18O. The third kappa shape index (κ3) is 0.858. The Morgan fingerprint density at radius 2 is 2.08 bits per heavy atom. The Morgan fingerprint density at radius 3 is 2.85 bits per heavy atom. The van der Waals surface area contributed by atoms with E-state index in [9.17, 15) is 4.79 Å². The zero-order valence-electron chi connectivity index (χ0n) is 8.55. The van der Waals surface area contributed by atoms with Gasteiger partial charge in [0.1, 0.15) is 5.78 Å². The second-order valence-electron chi connectivity index (χ2n) is 5.90. The molecule has 0 aromatic carbocycles. The van der Waals surface area contributed by atoms with Crippen LogP contribution in [0.5, 0.6) is 0 Å². The molecule has 2 bridgehead atoms. The molecule has 72 valence electrons. The van der Waals surface area contributed by atoms with Crippen molar-refractivity contribution in [1.82, 2.24) is 0 Å². The minimum atomic E-state index is 0.348. The Hall–Kier alpha value is -0.330. The van der Waals surface area contributed by atoms with Gasteiger partial charge in [0.2, 0.25) is 0 Å². The number of carbonyl (C=O) groups is 1. The number of hydrogen-bond acceptors (Lipinski definition) is 1. The number of carbonyl (C=O) groups excluding carboxylic acids is 1. The molecule has 0 heterocycles. The van der Waals surface area contributed by atoms with E-state index >= 15 is 0 Å². The first-order valence-electron chi connectivity index (χ1n) is 5.64. The largest absolute Gasteiger partial charge is 0.299 e. The zero-order chi connectivity index (χ0) is 9.22. The molecule has 5 unspecified atom stereocenters. The molecule has 3 aliphatic rings. The molecule has 0 aliphatic heterocycles. The second kappa shape index (κ2) is 2.18. The van der Waals surface area contributed by atoms with E-state index in [0.29, 0.717) is 23.0 Å². The lowest BCUT2D eigenvalue weighted by Gasteiger charge is -2.51. The summed E-state index contributed by atoms with van der Waals surface area (Å²) in [6.07, 6.45) is 5.03. The van der Waals surface area contributed by atoms with Crippen LogP contribution in [0.15, 0.2) is 0 Å². The van der Waals surface area contributed by atoms with E-state index in [1.54, 1.807) is 0 Å². The summed E-state index contributed by atoms with van der Waals surface area (Å²) in [4.78, 5) is 11.9. The van der Waals surface area contributed by atoms with Crippen molar-refractivity contribution in [2.75, 3.05) is 0 Å². The van der Waals surface area contributed by atoms with Crippen molar-refractivity contribution >= 4 is 5.78 Å². The lowest BCUT2D eigenvalue weighted by Crippen LogP contribution is -2.44. The number of fused-ring (bicyclic) bond motifs is 1. The van der Waals surface area contributed by atoms with Gasteiger partial charge in [0.25, 0.3) is 0 Å². The average Bonchev–Trinajstić information content (AvgIpc) is 2.39. The zero-order valence-corrected chi connectivity index (χ0v) is 8.55. The Kier molecular flexibility index (Phi) is 1.35. The number of ketones is 1. The third-order valence-electron chi connectivity index (χ3n) is 4.98. The van der Waals surface area contributed by atoms with Crippen LogP contribution in [0.4, 0.5) is 0 Å². The van der Waals surface area contributed by atoms with Crippen LogP contribution in [0, 0.1) is 29.1 Å². The van der Waals surface area contributed by atoms with Crippen LogP contribution >= 0.6 is 0 Å². The molecule has 3 aliphatic carbocycles. The van der Waals surface area contributed by atoms with Gasteiger partial charge in [0.15, 0.2) is 0 Å². The van der Waals surface area contributed by atoms with E-state index in [2.05, 4.69) is 13.8 Å². The molecular weight excluding hydrogens is 160 g/mol. The summed E-state index contributed by atoms with van der Waals surface area (Å²) >= 11 is 0. The first-order valence-corrected chi connectivity index (χ1v) is 5.64. The van der Waals surface area contributed by atoms with Crippen molar-refractivity contribution in [3.63, 3.8) is 0 Å². The smallest absolute Gasteiger partial charge is 0.138 e. The molecule has 3 saturated carbocycles. The summed E-state index contributed by atoms with van der Waals surface area (Å²) in [6, 6.07) is 0. The van der Waals surface area contributed by atoms with Gasteiger partial charge in [-0.2, -0.15) is 0 Å². The fourth-order valence-electron chi connectivity index (χ4n) is 4.46. The van der Waals surface area contributed by atoms with Crippen molar-refractivity contribution in [3.05, 3.63) is 0 Å². The number of Topliss-reactive ketones (excluding diaryl/α,β-unsaturated/α-hetero) is 1. The Balaban J connectivity index is 1.97. The Labute approximate surface area is 79.9 Å². The summed E-state index contributed by atoms with van der Waals surface area (Å²) in [7, 11) is 0. The number of hydrogen-bond donors (Lipinski definition) is 0. The molecule has 0 N–H and O–H groups in total. The Bertz CT molecular complexity index is 270. The SMILES string of the molecule is CC1CC2(C)CC3CC(CC32)C1=O. The van der Waals surface area contributed by atoms with Gasteiger partial charge in [-0.25, -0.2) is 0 Å². The van der Waals surface area contributed by atoms with Gasteiger partial charge in [-0.05, 0) is 42.9 Å². The predicted octanol–water partition coefficient (Wildman–Crippen LogP) is 2.65. The van der Waals surface area contributed by atoms with Gasteiger partial charge in [0.05, 0.1) is 0 Å². The first kappa shape index (κ1) is 8.02. The minimum Gasteiger partial charge on any atom is -0.299 e. The summed E-state index contributed by atoms with van der Waals surface area (Å²) < 4.78 is 0. The van der Waals surface area contributed by atoms with Gasteiger partial charge < -0.3 is 0 Å². The minimum absolute atomic E-state index is 0.348. The van der Waals surface area contributed by atoms with Crippen molar-refractivity contribution in [3.8, 4) is 0 Å². The van der Waals surface area contributed by atoms with Crippen LogP contribution in [-0.2, 0) is 4.79 Å². The van der Waals surface area contributed by atoms with E-state index in [1.165, 1.54) is 25.7 Å². The quantitative estimate of drug-likeness (QED) is 0.557. The first-order chi connectivity index (χ1) is 6.10. The van der Waals surface area contributed by atoms with Gasteiger partial charge in [0, 0.05) is 11.8 Å². The van der Waals surface area contributed by atoms with Gasteiger partial charge in [-0.3, -0.25) is 4.79 Å². The average molecular weight is 178 g/mol. The van der Waals surface area contributed by atoms with Crippen LogP contribution < -0.4 is 0 Å². The van der Waals surface area contributed by atoms with Gasteiger partial charge in [-0.1, -0.05) is 13.8 Å². The van der Waals surface area contributed by atoms with E-state index in [1.807, 2.05) is 0 Å². The van der Waals surface area contributed by atoms with Crippen LogP contribution in [0.2, 0.25) is 0 Å². The predicted molar refractivity (Wildman–Crippen MR) is 51.2 cm³/mol. The molecule has 3 rings (SSSR count). The van der Waals surface area contributed by atoms with E-state index in [-0.39, 0.29) is 0 Å². The fraction of sp³-hybridized carbons (Fsp3) is 0.917. The monoisotopic (exact) mass is 178 g/mol. The molecule has 1 nitrogen and oxygen atoms in total. The van der Waals surface area contributed by atoms with E-state index in [0.717, 1.165) is 11.8 Å². The molecule has 3 fully saturated rings. The summed E-state index contributed by atoms with van der Waals surface area (Å²) in [5, 5.41) is 0. The van der Waals surface area contributed by atoms with Crippen LogP contribution in [0.1, 0.15) is 39.5 Å². The molecule has 0 spiro atoms. The molecule has 0 amide bonds. The maximum absolute atomic E-state index is 11.9. The summed E-state index contributed by atoms with van der Waals surface area (Å²) in [6.45, 7) is 4.55. The molecule has 5 atom stereocenters. The molecule has 0 aromatic rings. The second-order valence-corrected chi connectivity index (χ2v) is 5.90. The van der Waals surface area contributed by atoms with Crippen LogP contribution in [0.3, 0.4) is 0 Å². The van der Waals surface area contributed by atoms with Crippen LogP contribution in [-0.4, -0.2) is 5.78 Å². The normalized spacial score (nSPS) is 58.8. The molecule has 13 heavy (non-hydrogen) atoms. The highest BCUT2D eigenvalue weighted by molar-refractivity contribution is 5.84. The standard InChI is InChI=1S/C12H18O/c1-7-5-12(2)6-9-3-8(11(7)13)4-10(9)12/h7-10H,3-6H2,1-2H3. The lowest BCUT2D eigenvalue weighted by molar-refractivity contribution is -0.128. The number of rotatable bonds is 0. The highest BCUT2D eigenvalue weighted by atomic mass is 16.1. The lowest BCUT2D eigenvalue weighted by atomic mass is 9.53. The third-order valence-corrected chi connectivity index (χ3v) is 4.98. The summed E-state index contributed by atoms with van der Waals surface area (Å²) in [5.41, 5.74) is 0.547. The molecule has 0 saturated heterocycles. The van der Waals surface area contributed by atoms with E-state index < -0.39 is 0 Å². The molecule has 0 aromatic heterocycles. The van der Waals surface area contributed by atoms with E-state index in [4.69, 9.17) is 0 Å². The Morgan fingerprint density at radius 1 is 1.31 bits per heavy atom. The van der Waals surface area contributed by atoms with Gasteiger partial charge in [-0.15, -0.1) is 0 Å².